The summed E-state index contributed by atoms with van der Waals surface area (Å²) in [5.74, 6) is 0.433. The molecule has 17 heavy (non-hydrogen) atoms. The second-order valence-corrected chi connectivity index (χ2v) is 6.86. The fourth-order valence-electron chi connectivity index (χ4n) is 2.14. The normalized spacial score (nSPS) is 18.2. The van der Waals surface area contributed by atoms with Crippen molar-refractivity contribution in [3.63, 3.8) is 0 Å². The van der Waals surface area contributed by atoms with Crippen LogP contribution in [0, 0.1) is 0 Å². The third-order valence-corrected chi connectivity index (χ3v) is 5.42. The fraction of sp³-hybridized carbons (Fsp3) is 0.750. The molecule has 1 aliphatic rings. The average molecular weight is 256 g/mol. The van der Waals surface area contributed by atoms with E-state index in [2.05, 4.69) is 18.9 Å². The Morgan fingerprint density at radius 2 is 2.18 bits per heavy atom. The van der Waals surface area contributed by atoms with Gasteiger partial charge in [-0.15, -0.1) is 0 Å². The van der Waals surface area contributed by atoms with Gasteiger partial charge in [0, 0.05) is 6.20 Å². The fourth-order valence-corrected chi connectivity index (χ4v) is 3.63. The van der Waals surface area contributed by atoms with Crippen LogP contribution in [0.15, 0.2) is 12.4 Å². The van der Waals surface area contributed by atoms with Gasteiger partial charge in [0.25, 0.3) is 10.0 Å². The monoisotopic (exact) mass is 256 g/mol. The molecule has 96 valence electrons. The molecule has 0 N–H and O–H groups in total. The molecule has 0 aliphatic heterocycles. The Morgan fingerprint density at radius 3 is 2.71 bits per heavy atom. The summed E-state index contributed by atoms with van der Waals surface area (Å²) in [6.07, 6.45) is 8.21. The molecule has 1 atom stereocenters. The highest BCUT2D eigenvalue weighted by Gasteiger charge is 2.37. The zero-order valence-corrected chi connectivity index (χ0v) is 11.3. The van der Waals surface area contributed by atoms with Crippen molar-refractivity contribution >= 4 is 10.0 Å². The van der Waals surface area contributed by atoms with E-state index in [0.29, 0.717) is 5.92 Å². The molecule has 4 nitrogen and oxygen atoms in total. The maximum absolute atomic E-state index is 12.0. The molecule has 5 heteroatoms. The molecule has 0 spiro atoms. The van der Waals surface area contributed by atoms with Crippen LogP contribution in [0.4, 0.5) is 0 Å². The van der Waals surface area contributed by atoms with E-state index in [9.17, 15) is 8.42 Å². The Balaban J connectivity index is 2.20. The number of nitrogens with zero attached hydrogens (tertiary/aromatic N) is 2. The van der Waals surface area contributed by atoms with Gasteiger partial charge in [0.1, 0.15) is 0 Å². The van der Waals surface area contributed by atoms with E-state index in [0.717, 1.165) is 37.7 Å². The summed E-state index contributed by atoms with van der Waals surface area (Å²) in [7, 11) is -3.20. The van der Waals surface area contributed by atoms with Crippen LogP contribution in [-0.2, 0) is 10.0 Å². The Hall–Kier alpha value is -0.840. The van der Waals surface area contributed by atoms with Gasteiger partial charge in [-0.1, -0.05) is 20.3 Å². The lowest BCUT2D eigenvalue weighted by Crippen LogP contribution is -2.17. The van der Waals surface area contributed by atoms with Gasteiger partial charge in [0.15, 0.2) is 0 Å². The van der Waals surface area contributed by atoms with Crippen molar-refractivity contribution in [2.75, 3.05) is 0 Å². The summed E-state index contributed by atoms with van der Waals surface area (Å²) in [6, 6.07) is 0. The molecule has 0 amide bonds. The maximum atomic E-state index is 12.0. The van der Waals surface area contributed by atoms with E-state index in [-0.39, 0.29) is 5.25 Å². The van der Waals surface area contributed by atoms with Crippen LogP contribution < -0.4 is 0 Å². The minimum atomic E-state index is -3.20. The third kappa shape index (κ3) is 2.54. The largest absolute Gasteiger partial charge is 0.256 e. The minimum Gasteiger partial charge on any atom is -0.204 e. The summed E-state index contributed by atoms with van der Waals surface area (Å²) < 4.78 is 25.1. The molecule has 1 heterocycles. The second kappa shape index (κ2) is 4.80. The number of hydrogen-bond donors (Lipinski definition) is 0. The Morgan fingerprint density at radius 1 is 1.47 bits per heavy atom. The van der Waals surface area contributed by atoms with Crippen molar-refractivity contribution in [1.29, 1.82) is 0 Å². The molecule has 1 fully saturated rings. The van der Waals surface area contributed by atoms with Crippen LogP contribution in [-0.4, -0.2) is 22.9 Å². The second-order valence-electron chi connectivity index (χ2n) is 4.78. The van der Waals surface area contributed by atoms with Gasteiger partial charge in [-0.3, -0.25) is 0 Å². The molecule has 2 rings (SSSR count). The van der Waals surface area contributed by atoms with E-state index in [1.54, 1.807) is 12.4 Å². The standard InChI is InChI=1S/C12H20N2O2S/c1-3-5-10(4-2)11-8-13-14(9-11)17(15,16)12-6-7-12/h8-10,12H,3-7H2,1-2H3. The third-order valence-electron chi connectivity index (χ3n) is 3.39. The van der Waals surface area contributed by atoms with E-state index < -0.39 is 10.0 Å². The van der Waals surface area contributed by atoms with E-state index in [1.807, 2.05) is 0 Å². The highest BCUT2D eigenvalue weighted by Crippen LogP contribution is 2.31. The van der Waals surface area contributed by atoms with Crippen molar-refractivity contribution < 1.29 is 8.42 Å². The molecule has 0 aromatic carbocycles. The molecule has 1 aliphatic carbocycles. The van der Waals surface area contributed by atoms with Crippen molar-refractivity contribution in [2.24, 2.45) is 0 Å². The van der Waals surface area contributed by atoms with Crippen molar-refractivity contribution in [2.45, 2.75) is 57.1 Å². The smallest absolute Gasteiger partial charge is 0.204 e. The number of rotatable bonds is 6. The first-order valence-corrected chi connectivity index (χ1v) is 7.88. The molecule has 1 unspecified atom stereocenters. The van der Waals surface area contributed by atoms with Gasteiger partial charge in [-0.25, -0.2) is 8.42 Å². The molecule has 1 saturated carbocycles. The van der Waals surface area contributed by atoms with Crippen molar-refractivity contribution in [3.8, 4) is 0 Å². The lowest BCUT2D eigenvalue weighted by atomic mass is 9.95. The lowest BCUT2D eigenvalue weighted by Gasteiger charge is -2.10. The van der Waals surface area contributed by atoms with E-state index >= 15 is 0 Å². The molecular formula is C12H20N2O2S. The first kappa shape index (κ1) is 12.6. The first-order chi connectivity index (χ1) is 8.09. The minimum absolute atomic E-state index is 0.193. The SMILES string of the molecule is CCCC(CC)c1cnn(S(=O)(=O)C2CC2)c1. The number of aromatic nitrogens is 2. The van der Waals surface area contributed by atoms with Crippen molar-refractivity contribution in [1.82, 2.24) is 9.19 Å². The van der Waals surface area contributed by atoms with Gasteiger partial charge in [0.2, 0.25) is 0 Å². The quantitative estimate of drug-likeness (QED) is 0.786. The first-order valence-electron chi connectivity index (χ1n) is 6.38. The summed E-state index contributed by atoms with van der Waals surface area (Å²) in [5.41, 5.74) is 1.05. The van der Waals surface area contributed by atoms with Crippen LogP contribution in [0.2, 0.25) is 0 Å². The van der Waals surface area contributed by atoms with Crippen LogP contribution in [0.1, 0.15) is 57.4 Å². The number of hydrogen-bond acceptors (Lipinski definition) is 3. The van der Waals surface area contributed by atoms with Crippen LogP contribution >= 0.6 is 0 Å². The predicted molar refractivity (Wildman–Crippen MR) is 67.5 cm³/mol. The molecule has 0 radical (unpaired) electrons. The van der Waals surface area contributed by atoms with E-state index in [4.69, 9.17) is 0 Å². The molecule has 1 aromatic rings. The average Bonchev–Trinajstić information content (AvgIpc) is 3.05. The highest BCUT2D eigenvalue weighted by molar-refractivity contribution is 7.90. The van der Waals surface area contributed by atoms with Crippen LogP contribution in [0.5, 0.6) is 0 Å². The molecule has 1 aromatic heterocycles. The van der Waals surface area contributed by atoms with Crippen LogP contribution in [0.3, 0.4) is 0 Å². The van der Waals surface area contributed by atoms with Gasteiger partial charge in [-0.2, -0.15) is 9.19 Å². The van der Waals surface area contributed by atoms with Gasteiger partial charge in [-0.05, 0) is 37.2 Å². The maximum Gasteiger partial charge on any atom is 0.256 e. The highest BCUT2D eigenvalue weighted by atomic mass is 32.2. The summed E-state index contributed by atoms with van der Waals surface area (Å²) in [4.78, 5) is 0. The summed E-state index contributed by atoms with van der Waals surface area (Å²) in [6.45, 7) is 4.28. The Kier molecular flexibility index (Phi) is 3.56. The van der Waals surface area contributed by atoms with Gasteiger partial charge in [0.05, 0.1) is 11.4 Å². The van der Waals surface area contributed by atoms with Crippen LogP contribution in [0.25, 0.3) is 0 Å². The van der Waals surface area contributed by atoms with Gasteiger partial charge < -0.3 is 0 Å². The zero-order valence-electron chi connectivity index (χ0n) is 10.5. The van der Waals surface area contributed by atoms with Crippen molar-refractivity contribution in [3.05, 3.63) is 18.0 Å². The van der Waals surface area contributed by atoms with Gasteiger partial charge >= 0.3 is 0 Å². The molecule has 0 bridgehead atoms. The summed E-state index contributed by atoms with van der Waals surface area (Å²) >= 11 is 0. The lowest BCUT2D eigenvalue weighted by molar-refractivity contribution is 0.577. The predicted octanol–water partition coefficient (Wildman–Crippen LogP) is 2.52. The zero-order chi connectivity index (χ0) is 12.5. The Bertz CT molecular complexity index is 474. The molecule has 0 saturated heterocycles. The summed E-state index contributed by atoms with van der Waals surface area (Å²) in [5, 5.41) is 3.84. The Labute approximate surface area is 103 Å². The topological polar surface area (TPSA) is 52.0 Å². The van der Waals surface area contributed by atoms with E-state index in [1.165, 1.54) is 4.09 Å². The molecular weight excluding hydrogens is 236 g/mol.